The van der Waals surface area contributed by atoms with Crippen LogP contribution in [0.5, 0.6) is 0 Å². The Balaban J connectivity index is 1.43. The van der Waals surface area contributed by atoms with Crippen molar-refractivity contribution in [2.24, 2.45) is 0 Å². The van der Waals surface area contributed by atoms with E-state index in [2.05, 4.69) is 27.3 Å². The maximum atomic E-state index is 9.81. The molecule has 1 saturated carbocycles. The first-order chi connectivity index (χ1) is 16.1. The first kappa shape index (κ1) is 20.7. The number of rotatable bonds is 4. The summed E-state index contributed by atoms with van der Waals surface area (Å²) in [6.07, 6.45) is 11.1. The third kappa shape index (κ3) is 3.60. The van der Waals surface area contributed by atoms with E-state index in [1.54, 1.807) is 29.3 Å². The van der Waals surface area contributed by atoms with Gasteiger partial charge in [0.1, 0.15) is 5.76 Å². The lowest BCUT2D eigenvalue weighted by Crippen LogP contribution is -2.21. The molecule has 168 valence electrons. The molecule has 0 amide bonds. The summed E-state index contributed by atoms with van der Waals surface area (Å²) < 4.78 is 10.4. The van der Waals surface area contributed by atoms with Crippen LogP contribution in [0.15, 0.2) is 51.6 Å². The molecule has 0 atom stereocenters. The van der Waals surface area contributed by atoms with Gasteiger partial charge in [-0.3, -0.25) is 4.68 Å². The molecule has 7 nitrogen and oxygen atoms in total. The van der Waals surface area contributed by atoms with Gasteiger partial charge in [0.15, 0.2) is 15.7 Å². The molecule has 1 aliphatic rings. The molecule has 0 spiro atoms. The van der Waals surface area contributed by atoms with E-state index in [0.717, 1.165) is 68.1 Å². The second-order valence-corrected chi connectivity index (χ2v) is 10.5. The fourth-order valence-electron chi connectivity index (χ4n) is 4.62. The van der Waals surface area contributed by atoms with Crippen LogP contribution in [0, 0.1) is 0 Å². The monoisotopic (exact) mass is 477 g/mol. The number of nitrogen functional groups attached to an aromatic ring is 1. The molecule has 5 aromatic rings. The zero-order valence-corrected chi connectivity index (χ0v) is 19.7. The Labute approximate surface area is 198 Å². The van der Waals surface area contributed by atoms with Crippen LogP contribution in [-0.2, 0) is 0 Å². The van der Waals surface area contributed by atoms with Gasteiger partial charge in [-0.15, -0.1) is 11.3 Å². The molecular formula is C24H23N5O2S2. The maximum absolute atomic E-state index is 9.81. The summed E-state index contributed by atoms with van der Waals surface area (Å²) >= 11 is 3.31. The normalized spacial score (nSPS) is 19.0. The van der Waals surface area contributed by atoms with Crippen molar-refractivity contribution in [3.05, 3.63) is 42.9 Å². The Morgan fingerprint density at radius 2 is 2.03 bits per heavy atom. The van der Waals surface area contributed by atoms with Crippen LogP contribution in [0.4, 0.5) is 5.82 Å². The maximum Gasteiger partial charge on any atom is 0.177 e. The van der Waals surface area contributed by atoms with Crippen LogP contribution in [0.25, 0.3) is 43.6 Å². The summed E-state index contributed by atoms with van der Waals surface area (Å²) in [4.78, 5) is 9.08. The van der Waals surface area contributed by atoms with Gasteiger partial charge >= 0.3 is 0 Å². The Morgan fingerprint density at radius 1 is 1.18 bits per heavy atom. The summed E-state index contributed by atoms with van der Waals surface area (Å²) in [5.41, 5.74) is 10.7. The number of furan rings is 1. The average Bonchev–Trinajstić information content (AvgIpc) is 3.57. The lowest BCUT2D eigenvalue weighted by Gasteiger charge is -2.25. The van der Waals surface area contributed by atoms with Gasteiger partial charge in [-0.05, 0) is 50.1 Å². The molecule has 0 radical (unpaired) electrons. The molecule has 3 N–H and O–H groups in total. The SMILES string of the molecule is CSc1nc2cccc(-c3cc4c(-c5cnn(C6CCC(O)CC6)c5)cnc(N)c4o3)c2s1. The number of hydrogen-bond acceptors (Lipinski definition) is 8. The molecule has 0 unspecified atom stereocenters. The van der Waals surface area contributed by atoms with Gasteiger partial charge in [-0.25, -0.2) is 9.97 Å². The highest BCUT2D eigenvalue weighted by Gasteiger charge is 2.23. The van der Waals surface area contributed by atoms with Gasteiger partial charge in [0, 0.05) is 34.5 Å². The van der Waals surface area contributed by atoms with Gasteiger partial charge in [-0.1, -0.05) is 17.8 Å². The fraction of sp³-hybridized carbons (Fsp3) is 0.292. The van der Waals surface area contributed by atoms with E-state index in [1.165, 1.54) is 0 Å². The minimum atomic E-state index is -0.184. The first-order valence-electron chi connectivity index (χ1n) is 10.9. The number of pyridine rings is 1. The third-order valence-corrected chi connectivity index (χ3v) is 8.47. The molecule has 6 rings (SSSR count). The number of thiazole rings is 1. The van der Waals surface area contributed by atoms with Gasteiger partial charge in [0.2, 0.25) is 0 Å². The van der Waals surface area contributed by atoms with Gasteiger partial charge in [-0.2, -0.15) is 5.10 Å². The number of aliphatic hydroxyl groups excluding tert-OH is 1. The minimum Gasteiger partial charge on any atom is -0.452 e. The topological polar surface area (TPSA) is 103 Å². The highest BCUT2D eigenvalue weighted by atomic mass is 32.2. The van der Waals surface area contributed by atoms with Crippen molar-refractivity contribution in [2.75, 3.05) is 12.0 Å². The summed E-state index contributed by atoms with van der Waals surface area (Å²) in [5.74, 6) is 1.12. The van der Waals surface area contributed by atoms with Crippen molar-refractivity contribution in [3.63, 3.8) is 0 Å². The molecule has 0 aliphatic heterocycles. The van der Waals surface area contributed by atoms with Gasteiger partial charge in [0.05, 0.1) is 28.6 Å². The zero-order chi connectivity index (χ0) is 22.5. The Bertz CT molecular complexity index is 1460. The van der Waals surface area contributed by atoms with Gasteiger partial charge < -0.3 is 15.3 Å². The predicted octanol–water partition coefficient (Wildman–Crippen LogP) is 5.75. The summed E-state index contributed by atoms with van der Waals surface area (Å²) in [6.45, 7) is 0. The highest BCUT2D eigenvalue weighted by Crippen LogP contribution is 2.41. The second-order valence-electron chi connectivity index (χ2n) is 8.42. The number of nitrogens with two attached hydrogens (primary N) is 1. The minimum absolute atomic E-state index is 0.184. The van der Waals surface area contributed by atoms with E-state index in [4.69, 9.17) is 10.2 Å². The lowest BCUT2D eigenvalue weighted by molar-refractivity contribution is 0.108. The molecule has 1 aliphatic carbocycles. The van der Waals surface area contributed by atoms with Crippen LogP contribution in [0.3, 0.4) is 0 Å². The molecule has 4 aromatic heterocycles. The van der Waals surface area contributed by atoms with Crippen LogP contribution in [0.2, 0.25) is 0 Å². The van der Waals surface area contributed by atoms with Crippen LogP contribution >= 0.6 is 23.1 Å². The van der Waals surface area contributed by atoms with E-state index in [1.807, 2.05) is 35.3 Å². The smallest absolute Gasteiger partial charge is 0.177 e. The van der Waals surface area contributed by atoms with Crippen molar-refractivity contribution >= 4 is 50.1 Å². The molecular weight excluding hydrogens is 454 g/mol. The molecule has 9 heteroatoms. The van der Waals surface area contributed by atoms with Crippen molar-refractivity contribution in [3.8, 4) is 22.5 Å². The third-order valence-electron chi connectivity index (χ3n) is 6.38. The van der Waals surface area contributed by atoms with Crippen molar-refractivity contribution < 1.29 is 9.52 Å². The van der Waals surface area contributed by atoms with Crippen LogP contribution in [-0.4, -0.2) is 37.2 Å². The van der Waals surface area contributed by atoms with Crippen molar-refractivity contribution in [2.45, 2.75) is 42.2 Å². The van der Waals surface area contributed by atoms with Crippen LogP contribution in [0.1, 0.15) is 31.7 Å². The Hall–Kier alpha value is -2.88. The number of benzene rings is 1. The van der Waals surface area contributed by atoms with Gasteiger partial charge in [0.25, 0.3) is 0 Å². The second kappa shape index (κ2) is 8.16. The number of nitrogens with zero attached hydrogens (tertiary/aromatic N) is 4. The summed E-state index contributed by atoms with van der Waals surface area (Å²) in [7, 11) is 0. The number of thioether (sulfide) groups is 1. The standard InChI is InChI=1S/C24H23N5O2S2/c1-32-24-28-19-4-2-3-16(22(19)33-24)20-9-17-18(11-26-23(25)21(17)31-20)13-10-27-29(12-13)14-5-7-15(30)8-6-14/h2-4,9-12,14-15,30H,5-8H2,1H3,(H2,25,26). The number of aromatic nitrogens is 4. The quantitative estimate of drug-likeness (QED) is 0.318. The molecule has 1 fully saturated rings. The zero-order valence-electron chi connectivity index (χ0n) is 18.1. The number of anilines is 1. The number of aliphatic hydroxyl groups is 1. The number of fused-ring (bicyclic) bond motifs is 2. The Kier molecular flexibility index (Phi) is 5.12. The van der Waals surface area contributed by atoms with E-state index in [-0.39, 0.29) is 6.10 Å². The molecule has 33 heavy (non-hydrogen) atoms. The van der Waals surface area contributed by atoms with E-state index < -0.39 is 0 Å². The Morgan fingerprint density at radius 3 is 2.85 bits per heavy atom. The fourth-order valence-corrected chi connectivity index (χ4v) is 6.20. The predicted molar refractivity (Wildman–Crippen MR) is 134 cm³/mol. The van der Waals surface area contributed by atoms with Crippen molar-refractivity contribution in [1.82, 2.24) is 19.7 Å². The largest absolute Gasteiger partial charge is 0.452 e. The summed E-state index contributed by atoms with van der Waals surface area (Å²) in [5, 5.41) is 15.4. The molecule has 1 aromatic carbocycles. The molecule has 0 saturated heterocycles. The van der Waals surface area contributed by atoms with E-state index in [0.29, 0.717) is 17.4 Å². The van der Waals surface area contributed by atoms with E-state index in [9.17, 15) is 5.11 Å². The highest BCUT2D eigenvalue weighted by molar-refractivity contribution is 8.00. The average molecular weight is 478 g/mol. The van der Waals surface area contributed by atoms with Crippen LogP contribution < -0.4 is 5.73 Å². The molecule has 0 bridgehead atoms. The molecule has 4 heterocycles. The lowest BCUT2D eigenvalue weighted by atomic mass is 9.93. The van der Waals surface area contributed by atoms with Crippen molar-refractivity contribution in [1.29, 1.82) is 0 Å². The van der Waals surface area contributed by atoms with E-state index >= 15 is 0 Å². The first-order valence-corrected chi connectivity index (χ1v) is 13.0. The number of hydrogen-bond donors (Lipinski definition) is 2. The summed E-state index contributed by atoms with van der Waals surface area (Å²) in [6, 6.07) is 8.44.